The molecule has 9 amide bonds. The number of hydrazine groups is 1. The van der Waals surface area contributed by atoms with Crippen LogP contribution in [0.1, 0.15) is 100 Å². The fourth-order valence-electron chi connectivity index (χ4n) is 6.49. The second-order valence-electron chi connectivity index (χ2n) is 16.0. The third kappa shape index (κ3) is 18.1. The SMILES string of the molecule is CCCN(NC(=O)[C@H]1CCCN1C(=O)[C@@H](NC(=O)[C@@H](NC(=O)[C@H](CC(=O)O)NC(=O)[C@H](CCC(=O)O)NC(=O)[C@@H](NC(=O)[C@H](CC(=O)O)NC(C)=O)[C@@H](C)O)C(C)C)C(C)C)C(C)=O. The van der Waals surface area contributed by atoms with Gasteiger partial charge < -0.3 is 57.2 Å². The molecule has 1 rings (SSSR count). The van der Waals surface area contributed by atoms with Crippen molar-refractivity contribution in [3.8, 4) is 0 Å². The maximum absolute atomic E-state index is 13.9. The van der Waals surface area contributed by atoms with Crippen LogP contribution in [0.25, 0.3) is 0 Å². The number of aliphatic hydroxyl groups excluding tert-OH is 1. The maximum atomic E-state index is 13.9. The first-order valence-electron chi connectivity index (χ1n) is 20.7. The van der Waals surface area contributed by atoms with Gasteiger partial charge >= 0.3 is 17.9 Å². The number of carboxylic acid groups (broad SMARTS) is 3. The van der Waals surface area contributed by atoms with Gasteiger partial charge in [0.25, 0.3) is 5.91 Å². The summed E-state index contributed by atoms with van der Waals surface area (Å²) in [4.78, 5) is 154. The Bertz CT molecular complexity index is 1740. The second kappa shape index (κ2) is 26.3. The molecule has 0 radical (unpaired) electrons. The fraction of sp³-hybridized carbons (Fsp3) is 0.692. The van der Waals surface area contributed by atoms with Crippen LogP contribution >= 0.6 is 0 Å². The number of hydrogen-bond donors (Lipinski definition) is 11. The van der Waals surface area contributed by atoms with Crippen molar-refractivity contribution in [3.63, 3.8) is 0 Å². The average molecular weight is 914 g/mol. The van der Waals surface area contributed by atoms with E-state index < -0.39 is 157 Å². The normalized spacial score (nSPS) is 16.7. The minimum absolute atomic E-state index is 0.166. The monoisotopic (exact) mass is 913 g/mol. The van der Waals surface area contributed by atoms with E-state index in [-0.39, 0.29) is 19.5 Å². The lowest BCUT2D eigenvalue weighted by molar-refractivity contribution is -0.147. The van der Waals surface area contributed by atoms with Crippen LogP contribution in [-0.2, 0) is 57.5 Å². The summed E-state index contributed by atoms with van der Waals surface area (Å²) < 4.78 is 0. The van der Waals surface area contributed by atoms with Crippen molar-refractivity contribution < 1.29 is 78.0 Å². The number of likely N-dealkylation sites (tertiary alicyclic amines) is 1. The van der Waals surface area contributed by atoms with Gasteiger partial charge in [-0.2, -0.15) is 0 Å². The predicted octanol–water partition coefficient (Wildman–Crippen LogP) is -3.30. The summed E-state index contributed by atoms with van der Waals surface area (Å²) in [6, 6.07) is -11.1. The van der Waals surface area contributed by atoms with E-state index >= 15 is 0 Å². The molecule has 25 nitrogen and oxygen atoms in total. The van der Waals surface area contributed by atoms with Gasteiger partial charge in [-0.25, -0.2) is 0 Å². The van der Waals surface area contributed by atoms with Crippen LogP contribution < -0.4 is 37.3 Å². The second-order valence-corrected chi connectivity index (χ2v) is 16.0. The van der Waals surface area contributed by atoms with Gasteiger partial charge in [-0.3, -0.25) is 68.0 Å². The van der Waals surface area contributed by atoms with E-state index in [9.17, 15) is 72.9 Å². The van der Waals surface area contributed by atoms with Crippen molar-refractivity contribution in [1.29, 1.82) is 0 Å². The highest BCUT2D eigenvalue weighted by Gasteiger charge is 2.41. The van der Waals surface area contributed by atoms with Crippen LogP contribution in [-0.4, -0.2) is 163 Å². The van der Waals surface area contributed by atoms with Crippen LogP contribution in [0, 0.1) is 11.8 Å². The smallest absolute Gasteiger partial charge is 0.305 e. The van der Waals surface area contributed by atoms with Crippen molar-refractivity contribution >= 4 is 71.1 Å². The molecule has 11 N–H and O–H groups in total. The van der Waals surface area contributed by atoms with Crippen molar-refractivity contribution in [2.75, 3.05) is 13.1 Å². The first-order valence-corrected chi connectivity index (χ1v) is 20.7. The van der Waals surface area contributed by atoms with Gasteiger partial charge in [0.1, 0.15) is 42.3 Å². The number of aliphatic hydroxyl groups is 1. The summed E-state index contributed by atoms with van der Waals surface area (Å²) in [6.07, 6.45) is -3.90. The Hall–Kier alpha value is -6.40. The summed E-state index contributed by atoms with van der Waals surface area (Å²) in [5, 5.41) is 53.0. The lowest BCUT2D eigenvalue weighted by atomic mass is 9.98. The largest absolute Gasteiger partial charge is 0.481 e. The van der Waals surface area contributed by atoms with Crippen molar-refractivity contribution in [1.82, 2.24) is 47.2 Å². The van der Waals surface area contributed by atoms with Crippen LogP contribution in [0.15, 0.2) is 0 Å². The molecule has 0 aromatic rings. The fourth-order valence-corrected chi connectivity index (χ4v) is 6.49. The summed E-state index contributed by atoms with van der Waals surface area (Å²) in [7, 11) is 0. The van der Waals surface area contributed by atoms with Gasteiger partial charge in [-0.05, 0) is 44.4 Å². The number of nitrogens with one attached hydrogen (secondary N) is 7. The molecule has 1 aliphatic rings. The van der Waals surface area contributed by atoms with Gasteiger partial charge in [-0.15, -0.1) is 0 Å². The van der Waals surface area contributed by atoms with Gasteiger partial charge in [0.15, 0.2) is 0 Å². The van der Waals surface area contributed by atoms with E-state index in [1.165, 1.54) is 25.7 Å². The topological polar surface area (TPSA) is 376 Å². The Morgan fingerprint density at radius 2 is 1.09 bits per heavy atom. The van der Waals surface area contributed by atoms with E-state index in [4.69, 9.17) is 5.11 Å². The molecule has 0 spiro atoms. The number of aliphatic carboxylic acids is 3. The minimum atomic E-state index is -1.96. The first-order chi connectivity index (χ1) is 29.7. The molecular formula is C39H63N9O16. The summed E-state index contributed by atoms with van der Waals surface area (Å²) in [5.41, 5.74) is 2.55. The Labute approximate surface area is 369 Å². The van der Waals surface area contributed by atoms with E-state index in [0.717, 1.165) is 18.9 Å². The standard InChI is InChI=1S/C39H63N9O16/c1-9-14-48(22(8)51)46-36(61)26-11-10-15-47(26)39(64)31(19(4)5)44-37(62)30(18(2)3)43-35(60)25(17-29(56)57)42-33(58)23(12-13-27(52)53)41-38(63)32(20(6)49)45-34(59)24(16-28(54)55)40-21(7)50/h18-20,23-26,30-32,49H,9-17H2,1-8H3,(H,40,50)(H,41,63)(H,42,58)(H,43,60)(H,44,62)(H,45,59)(H,46,61)(H,52,53)(H,54,55)(H,56,57)/t20-,23+,24+,25+,26-,30+,31+,32+/m1/s1. The van der Waals surface area contributed by atoms with Gasteiger partial charge in [0.2, 0.25) is 47.3 Å². The van der Waals surface area contributed by atoms with Crippen molar-refractivity contribution in [2.45, 2.75) is 149 Å². The molecule has 1 fully saturated rings. The van der Waals surface area contributed by atoms with Crippen LogP contribution in [0.4, 0.5) is 0 Å². The number of carboxylic acids is 3. The zero-order valence-electron chi connectivity index (χ0n) is 37.2. The molecule has 0 unspecified atom stereocenters. The Balaban J connectivity index is 3.34. The minimum Gasteiger partial charge on any atom is -0.481 e. The van der Waals surface area contributed by atoms with Crippen molar-refractivity contribution in [3.05, 3.63) is 0 Å². The Morgan fingerprint density at radius 1 is 0.625 bits per heavy atom. The van der Waals surface area contributed by atoms with Crippen LogP contribution in [0.3, 0.4) is 0 Å². The number of hydrogen-bond acceptors (Lipinski definition) is 13. The molecule has 1 heterocycles. The Kier molecular flexibility index (Phi) is 22.8. The maximum Gasteiger partial charge on any atom is 0.305 e. The third-order valence-electron chi connectivity index (χ3n) is 9.82. The molecule has 64 heavy (non-hydrogen) atoms. The van der Waals surface area contributed by atoms with Crippen molar-refractivity contribution in [2.24, 2.45) is 11.8 Å². The number of rotatable bonds is 25. The molecule has 360 valence electrons. The van der Waals surface area contributed by atoms with Crippen LogP contribution in [0.5, 0.6) is 0 Å². The molecule has 25 heteroatoms. The predicted molar refractivity (Wildman–Crippen MR) is 221 cm³/mol. The lowest BCUT2D eigenvalue weighted by Gasteiger charge is -2.33. The van der Waals surface area contributed by atoms with E-state index in [1.54, 1.807) is 13.8 Å². The van der Waals surface area contributed by atoms with Gasteiger partial charge in [0, 0.05) is 33.4 Å². The summed E-state index contributed by atoms with van der Waals surface area (Å²) >= 11 is 0. The Morgan fingerprint density at radius 3 is 1.55 bits per heavy atom. The highest BCUT2D eigenvalue weighted by molar-refractivity contribution is 5.99. The third-order valence-corrected chi connectivity index (χ3v) is 9.82. The van der Waals surface area contributed by atoms with Crippen LogP contribution in [0.2, 0.25) is 0 Å². The number of nitrogens with zero attached hydrogens (tertiary/aromatic N) is 2. The number of carbonyl (C=O) groups excluding carboxylic acids is 9. The highest BCUT2D eigenvalue weighted by atomic mass is 16.4. The number of carbonyl (C=O) groups is 12. The highest BCUT2D eigenvalue weighted by Crippen LogP contribution is 2.21. The quantitative estimate of drug-likeness (QED) is 0.0400. The van der Waals surface area contributed by atoms with Gasteiger partial charge in [0.05, 0.1) is 18.9 Å². The van der Waals surface area contributed by atoms with E-state index in [2.05, 4.69) is 37.3 Å². The molecular weight excluding hydrogens is 850 g/mol. The molecule has 8 atom stereocenters. The number of amides is 9. The molecule has 0 aliphatic carbocycles. The first kappa shape index (κ1) is 55.6. The summed E-state index contributed by atoms with van der Waals surface area (Å²) in [6.45, 7) is 11.8. The lowest BCUT2D eigenvalue weighted by Crippen LogP contribution is -2.62. The molecule has 0 saturated carbocycles. The summed E-state index contributed by atoms with van der Waals surface area (Å²) in [5.74, 6) is -14.2. The molecule has 0 bridgehead atoms. The average Bonchev–Trinajstić information content (AvgIpc) is 3.67. The molecule has 0 aromatic carbocycles. The van der Waals surface area contributed by atoms with E-state index in [1.807, 2.05) is 6.92 Å². The molecule has 0 aromatic heterocycles. The zero-order chi connectivity index (χ0) is 49.2. The van der Waals surface area contributed by atoms with E-state index in [0.29, 0.717) is 12.8 Å². The molecule has 1 saturated heterocycles. The molecule has 1 aliphatic heterocycles. The zero-order valence-corrected chi connectivity index (χ0v) is 37.2. The van der Waals surface area contributed by atoms with Gasteiger partial charge in [-0.1, -0.05) is 34.6 Å².